The number of nitrogens with zero attached hydrogens (tertiary/aromatic N) is 1. The normalized spacial score (nSPS) is 18.8. The van der Waals surface area contributed by atoms with E-state index in [0.717, 1.165) is 11.1 Å². The fourth-order valence-corrected chi connectivity index (χ4v) is 4.75. The summed E-state index contributed by atoms with van der Waals surface area (Å²) in [6.07, 6.45) is -11.4. The van der Waals surface area contributed by atoms with E-state index >= 15 is 0 Å². The second kappa shape index (κ2) is 10.9. The standard InChI is InChI=1S/C26H26F6N2O5/c1-3-38-24(36)34-14(2)6-21(20-9-16-12-37-13-17(16)10-22(20)34)33-23(35)39-5-4-15-7-18(25(27,28)29)11-19(8-15)26(30,31)32/h7-11,14,21H,3-6,12-13H2,1-2H3,(H,33,35)/t14-,21+/m1/s1. The molecule has 2 amide bonds. The Morgan fingerprint density at radius 1 is 0.974 bits per heavy atom. The Hall–Kier alpha value is -3.48. The lowest BCUT2D eigenvalue weighted by Gasteiger charge is -2.39. The van der Waals surface area contributed by atoms with Crippen LogP contribution in [0.4, 0.5) is 41.6 Å². The van der Waals surface area contributed by atoms with Crippen molar-refractivity contribution in [3.63, 3.8) is 0 Å². The number of nitrogens with one attached hydrogen (secondary N) is 1. The molecule has 0 bridgehead atoms. The molecule has 7 nitrogen and oxygen atoms in total. The van der Waals surface area contributed by atoms with Crippen LogP contribution in [-0.4, -0.2) is 31.4 Å². The van der Waals surface area contributed by atoms with E-state index in [1.165, 1.54) is 4.90 Å². The van der Waals surface area contributed by atoms with Crippen LogP contribution in [0.2, 0.25) is 0 Å². The molecule has 2 atom stereocenters. The molecular formula is C26H26F6N2O5. The third kappa shape index (κ3) is 6.40. The van der Waals surface area contributed by atoms with Gasteiger partial charge < -0.3 is 19.5 Å². The molecular weight excluding hydrogens is 534 g/mol. The summed E-state index contributed by atoms with van der Waals surface area (Å²) < 4.78 is 94.4. The molecule has 2 aliphatic rings. The third-order valence-corrected chi connectivity index (χ3v) is 6.54. The maximum absolute atomic E-state index is 13.1. The van der Waals surface area contributed by atoms with Gasteiger partial charge in [-0.05, 0) is 72.9 Å². The lowest BCUT2D eigenvalue weighted by molar-refractivity contribution is -0.143. The number of fused-ring (bicyclic) bond motifs is 2. The molecule has 1 N–H and O–H groups in total. The predicted molar refractivity (Wildman–Crippen MR) is 126 cm³/mol. The lowest BCUT2D eigenvalue weighted by Crippen LogP contribution is -2.46. The Labute approximate surface area is 220 Å². The monoisotopic (exact) mass is 560 g/mol. The van der Waals surface area contributed by atoms with Crippen molar-refractivity contribution in [2.24, 2.45) is 0 Å². The van der Waals surface area contributed by atoms with Gasteiger partial charge >= 0.3 is 24.5 Å². The van der Waals surface area contributed by atoms with Gasteiger partial charge in [-0.2, -0.15) is 26.3 Å². The summed E-state index contributed by atoms with van der Waals surface area (Å²) in [5, 5.41) is 2.70. The van der Waals surface area contributed by atoms with Gasteiger partial charge in [0, 0.05) is 12.5 Å². The second-order valence-corrected chi connectivity index (χ2v) is 9.32. The van der Waals surface area contributed by atoms with E-state index in [4.69, 9.17) is 14.2 Å². The molecule has 2 aliphatic heterocycles. The van der Waals surface area contributed by atoms with Crippen LogP contribution in [0.5, 0.6) is 0 Å². The number of hydrogen-bond acceptors (Lipinski definition) is 5. The van der Waals surface area contributed by atoms with Crippen LogP contribution in [0.1, 0.15) is 59.7 Å². The molecule has 212 valence electrons. The van der Waals surface area contributed by atoms with Gasteiger partial charge in [-0.3, -0.25) is 4.90 Å². The molecule has 0 unspecified atom stereocenters. The van der Waals surface area contributed by atoms with Crippen molar-refractivity contribution < 1.29 is 50.1 Å². The van der Waals surface area contributed by atoms with Crippen molar-refractivity contribution in [3.8, 4) is 0 Å². The molecule has 39 heavy (non-hydrogen) atoms. The number of alkyl carbamates (subject to hydrolysis) is 1. The molecule has 0 saturated heterocycles. The minimum Gasteiger partial charge on any atom is -0.449 e. The number of benzene rings is 2. The third-order valence-electron chi connectivity index (χ3n) is 6.54. The van der Waals surface area contributed by atoms with Crippen LogP contribution < -0.4 is 10.2 Å². The smallest absolute Gasteiger partial charge is 0.416 e. The van der Waals surface area contributed by atoms with Crippen molar-refractivity contribution in [2.75, 3.05) is 18.1 Å². The predicted octanol–water partition coefficient (Wildman–Crippen LogP) is 6.52. The molecule has 0 aliphatic carbocycles. The lowest BCUT2D eigenvalue weighted by atomic mass is 9.89. The first-order valence-corrected chi connectivity index (χ1v) is 12.2. The quantitative estimate of drug-likeness (QED) is 0.422. The van der Waals surface area contributed by atoms with E-state index in [1.54, 1.807) is 13.8 Å². The first-order valence-electron chi connectivity index (χ1n) is 12.2. The van der Waals surface area contributed by atoms with Gasteiger partial charge in [0.1, 0.15) is 0 Å². The maximum atomic E-state index is 13.1. The van der Waals surface area contributed by atoms with E-state index in [0.29, 0.717) is 43.0 Å². The highest BCUT2D eigenvalue weighted by Gasteiger charge is 2.38. The largest absolute Gasteiger partial charge is 0.449 e. The fraction of sp³-hybridized carbons (Fsp3) is 0.462. The van der Waals surface area contributed by atoms with Crippen molar-refractivity contribution >= 4 is 17.9 Å². The summed E-state index contributed by atoms with van der Waals surface area (Å²) in [5.74, 6) is 0. The second-order valence-electron chi connectivity index (χ2n) is 9.32. The molecule has 2 aromatic carbocycles. The van der Waals surface area contributed by atoms with Gasteiger partial charge in [0.25, 0.3) is 0 Å². The molecule has 0 saturated carbocycles. The van der Waals surface area contributed by atoms with E-state index in [-0.39, 0.29) is 30.7 Å². The molecule has 0 fully saturated rings. The van der Waals surface area contributed by atoms with Gasteiger partial charge in [-0.15, -0.1) is 0 Å². The van der Waals surface area contributed by atoms with E-state index in [1.807, 2.05) is 12.1 Å². The first-order chi connectivity index (χ1) is 18.3. The van der Waals surface area contributed by atoms with Crippen LogP contribution >= 0.6 is 0 Å². The number of carbonyl (C=O) groups excluding carboxylic acids is 2. The molecule has 0 spiro atoms. The minimum absolute atomic E-state index is 0.0418. The van der Waals surface area contributed by atoms with Crippen LogP contribution in [-0.2, 0) is 46.2 Å². The number of alkyl halides is 6. The SMILES string of the molecule is CCOC(=O)N1c2cc3c(cc2[C@@H](NC(=O)OCCc2cc(C(F)(F)F)cc(C(F)(F)F)c2)C[C@H]1C)COC3. The number of carbonyl (C=O) groups is 2. The number of hydrogen-bond donors (Lipinski definition) is 1. The zero-order valence-electron chi connectivity index (χ0n) is 21.0. The summed E-state index contributed by atoms with van der Waals surface area (Å²) in [5.41, 5.74) is -0.169. The summed E-state index contributed by atoms with van der Waals surface area (Å²) in [6, 6.07) is 3.94. The van der Waals surface area contributed by atoms with Crippen molar-refractivity contribution in [1.82, 2.24) is 5.32 Å². The van der Waals surface area contributed by atoms with Crippen molar-refractivity contribution in [1.29, 1.82) is 0 Å². The summed E-state index contributed by atoms with van der Waals surface area (Å²) in [7, 11) is 0. The zero-order chi connectivity index (χ0) is 28.5. The maximum Gasteiger partial charge on any atom is 0.416 e. The van der Waals surface area contributed by atoms with Crippen LogP contribution in [0, 0.1) is 0 Å². The Morgan fingerprint density at radius 3 is 2.18 bits per heavy atom. The Kier molecular flexibility index (Phi) is 8.01. The number of rotatable bonds is 5. The van der Waals surface area contributed by atoms with Gasteiger partial charge in [0.15, 0.2) is 0 Å². The van der Waals surface area contributed by atoms with E-state index < -0.39 is 48.3 Å². The number of amides is 2. The van der Waals surface area contributed by atoms with E-state index in [2.05, 4.69) is 5.32 Å². The van der Waals surface area contributed by atoms with Crippen molar-refractivity contribution in [3.05, 3.63) is 63.7 Å². The highest BCUT2D eigenvalue weighted by Crippen LogP contribution is 2.41. The highest BCUT2D eigenvalue weighted by molar-refractivity contribution is 5.91. The number of ether oxygens (including phenoxy) is 3. The molecule has 2 aromatic rings. The van der Waals surface area contributed by atoms with Crippen LogP contribution in [0.15, 0.2) is 30.3 Å². The van der Waals surface area contributed by atoms with Gasteiger partial charge in [0.05, 0.1) is 49.3 Å². The van der Waals surface area contributed by atoms with Crippen LogP contribution in [0.3, 0.4) is 0 Å². The Balaban J connectivity index is 1.47. The molecule has 4 rings (SSSR count). The molecule has 13 heteroatoms. The highest BCUT2D eigenvalue weighted by atomic mass is 19.4. The Morgan fingerprint density at radius 2 is 1.59 bits per heavy atom. The minimum atomic E-state index is -4.97. The first kappa shape index (κ1) is 28.5. The molecule has 0 radical (unpaired) electrons. The van der Waals surface area contributed by atoms with E-state index in [9.17, 15) is 35.9 Å². The number of anilines is 1. The molecule has 0 aromatic heterocycles. The summed E-state index contributed by atoms with van der Waals surface area (Å²) in [6.45, 7) is 3.94. The van der Waals surface area contributed by atoms with Gasteiger partial charge in [-0.1, -0.05) is 0 Å². The Bertz CT molecular complexity index is 1210. The zero-order valence-corrected chi connectivity index (χ0v) is 21.0. The molecule has 2 heterocycles. The number of halogens is 6. The summed E-state index contributed by atoms with van der Waals surface area (Å²) >= 11 is 0. The fourth-order valence-electron chi connectivity index (χ4n) is 4.75. The van der Waals surface area contributed by atoms with Gasteiger partial charge in [0.2, 0.25) is 0 Å². The van der Waals surface area contributed by atoms with Crippen molar-refractivity contribution in [2.45, 2.75) is 64.3 Å². The van der Waals surface area contributed by atoms with Gasteiger partial charge in [-0.25, -0.2) is 9.59 Å². The average Bonchev–Trinajstić information content (AvgIpc) is 3.29. The van der Waals surface area contributed by atoms with Crippen LogP contribution in [0.25, 0.3) is 0 Å². The average molecular weight is 560 g/mol. The summed E-state index contributed by atoms with van der Waals surface area (Å²) in [4.78, 5) is 26.8. The topological polar surface area (TPSA) is 77.1 Å².